The molecule has 1 atom stereocenters. The normalized spacial score (nSPS) is 11.6. The third-order valence-corrected chi connectivity index (χ3v) is 3.62. The molecule has 0 aliphatic carbocycles. The molecule has 23 heavy (non-hydrogen) atoms. The second-order valence-electron chi connectivity index (χ2n) is 5.46. The number of methoxy groups -OCH3 is 1. The highest BCUT2D eigenvalue weighted by Crippen LogP contribution is 2.25. The fraction of sp³-hybridized carbons (Fsp3) is 0.278. The lowest BCUT2D eigenvalue weighted by Crippen LogP contribution is -2.19. The monoisotopic (exact) mass is 314 g/mol. The Bertz CT molecular complexity index is 636. The zero-order valence-corrected chi connectivity index (χ0v) is 13.7. The van der Waals surface area contributed by atoms with Gasteiger partial charge in [0.1, 0.15) is 11.9 Å². The minimum Gasteiger partial charge on any atom is -0.497 e. The number of anilines is 1. The Hall–Kier alpha value is -2.69. The molecule has 2 rings (SSSR count). The predicted molar refractivity (Wildman–Crippen MR) is 90.9 cm³/mol. The van der Waals surface area contributed by atoms with Gasteiger partial charge in [0.2, 0.25) is 0 Å². The minimum absolute atomic E-state index is 0.419. The van der Waals surface area contributed by atoms with Crippen LogP contribution in [0, 0.1) is 0 Å². The van der Waals surface area contributed by atoms with Gasteiger partial charge in [-0.2, -0.15) is 0 Å². The Labute approximate surface area is 136 Å². The predicted octanol–water partition coefficient (Wildman–Crippen LogP) is 3.14. The maximum absolute atomic E-state index is 11.2. The maximum Gasteiger partial charge on any atom is 0.405 e. The van der Waals surface area contributed by atoms with Crippen molar-refractivity contribution in [3.8, 4) is 5.75 Å². The van der Waals surface area contributed by atoms with Gasteiger partial charge in [-0.25, -0.2) is 4.79 Å². The van der Waals surface area contributed by atoms with Gasteiger partial charge < -0.3 is 20.1 Å². The van der Waals surface area contributed by atoms with Crippen LogP contribution in [0.5, 0.6) is 5.75 Å². The van der Waals surface area contributed by atoms with Gasteiger partial charge in [0.05, 0.1) is 7.11 Å². The Morgan fingerprint density at radius 3 is 2.17 bits per heavy atom. The summed E-state index contributed by atoms with van der Waals surface area (Å²) in [5.74, 6) is 0.788. The minimum atomic E-state index is -0.778. The molecule has 1 amide bonds. The van der Waals surface area contributed by atoms with Crippen molar-refractivity contribution in [1.82, 2.24) is 0 Å². The maximum atomic E-state index is 11.2. The molecule has 0 aromatic heterocycles. The summed E-state index contributed by atoms with van der Waals surface area (Å²) in [4.78, 5) is 13.2. The molecule has 0 saturated carbocycles. The van der Waals surface area contributed by atoms with Gasteiger partial charge in [-0.05, 0) is 35.4 Å². The van der Waals surface area contributed by atoms with Crippen molar-refractivity contribution in [2.45, 2.75) is 12.5 Å². The van der Waals surface area contributed by atoms with Gasteiger partial charge in [0.15, 0.2) is 0 Å². The number of nitrogens with two attached hydrogens (primary N) is 1. The molecule has 2 aromatic carbocycles. The molecule has 122 valence electrons. The van der Waals surface area contributed by atoms with Crippen LogP contribution in [0.1, 0.15) is 17.2 Å². The number of carbonyl (C=O) groups is 1. The van der Waals surface area contributed by atoms with Crippen LogP contribution in [-0.4, -0.2) is 27.3 Å². The number of hydrogen-bond donors (Lipinski definition) is 1. The standard InChI is InChI=1S/C18H22N2O3/c1-20(2)15-8-6-14(7-9-15)17(23-18(19)21)12-13-4-10-16(22-3)11-5-13/h4-11,17H,12H2,1-3H3,(H2,19,21). The summed E-state index contributed by atoms with van der Waals surface area (Å²) in [6.07, 6.45) is -0.647. The molecule has 5 heteroatoms. The van der Waals surface area contributed by atoms with E-state index in [-0.39, 0.29) is 0 Å². The lowest BCUT2D eigenvalue weighted by atomic mass is 10.0. The molecule has 0 spiro atoms. The Balaban J connectivity index is 2.19. The summed E-state index contributed by atoms with van der Waals surface area (Å²) in [5.41, 5.74) is 8.24. The molecule has 1 unspecified atom stereocenters. The Morgan fingerprint density at radius 1 is 1.09 bits per heavy atom. The van der Waals surface area contributed by atoms with E-state index in [0.717, 1.165) is 22.6 Å². The van der Waals surface area contributed by atoms with Crippen molar-refractivity contribution in [2.75, 3.05) is 26.1 Å². The van der Waals surface area contributed by atoms with E-state index < -0.39 is 12.2 Å². The first kappa shape index (κ1) is 16.7. The largest absolute Gasteiger partial charge is 0.497 e. The summed E-state index contributed by atoms with van der Waals surface area (Å²) in [6.45, 7) is 0. The highest BCUT2D eigenvalue weighted by atomic mass is 16.6. The molecule has 0 aliphatic heterocycles. The molecule has 0 aliphatic rings. The second-order valence-corrected chi connectivity index (χ2v) is 5.46. The van der Waals surface area contributed by atoms with Crippen LogP contribution < -0.4 is 15.4 Å². The summed E-state index contributed by atoms with van der Waals surface area (Å²) >= 11 is 0. The van der Waals surface area contributed by atoms with E-state index in [4.69, 9.17) is 15.2 Å². The van der Waals surface area contributed by atoms with E-state index in [1.54, 1.807) is 7.11 Å². The number of nitrogens with zero attached hydrogens (tertiary/aromatic N) is 1. The molecule has 0 radical (unpaired) electrons. The zero-order valence-electron chi connectivity index (χ0n) is 13.7. The van der Waals surface area contributed by atoms with Gasteiger partial charge in [0, 0.05) is 26.2 Å². The van der Waals surface area contributed by atoms with Gasteiger partial charge in [-0.15, -0.1) is 0 Å². The van der Waals surface area contributed by atoms with Crippen LogP contribution in [-0.2, 0) is 11.2 Å². The van der Waals surface area contributed by atoms with Gasteiger partial charge >= 0.3 is 6.09 Å². The molecular formula is C18H22N2O3. The third kappa shape index (κ3) is 4.64. The quantitative estimate of drug-likeness (QED) is 0.889. The summed E-state index contributed by atoms with van der Waals surface area (Å²) in [5, 5.41) is 0. The van der Waals surface area contributed by atoms with Crippen LogP contribution in [0.25, 0.3) is 0 Å². The smallest absolute Gasteiger partial charge is 0.405 e. The highest BCUT2D eigenvalue weighted by Gasteiger charge is 2.16. The third-order valence-electron chi connectivity index (χ3n) is 3.62. The number of ether oxygens (including phenoxy) is 2. The van der Waals surface area contributed by atoms with Gasteiger partial charge in [0.25, 0.3) is 0 Å². The number of hydrogen-bond acceptors (Lipinski definition) is 4. The average molecular weight is 314 g/mol. The SMILES string of the molecule is COc1ccc(CC(OC(N)=O)c2ccc(N(C)C)cc2)cc1. The Morgan fingerprint density at radius 2 is 1.70 bits per heavy atom. The van der Waals surface area contributed by atoms with Crippen molar-refractivity contribution in [3.63, 3.8) is 0 Å². The van der Waals surface area contributed by atoms with Crippen molar-refractivity contribution >= 4 is 11.8 Å². The van der Waals surface area contributed by atoms with Crippen molar-refractivity contribution in [1.29, 1.82) is 0 Å². The molecule has 0 saturated heterocycles. The van der Waals surface area contributed by atoms with Crippen molar-refractivity contribution in [3.05, 3.63) is 59.7 Å². The highest BCUT2D eigenvalue weighted by molar-refractivity contribution is 5.65. The molecule has 5 nitrogen and oxygen atoms in total. The lowest BCUT2D eigenvalue weighted by Gasteiger charge is -2.19. The van der Waals surface area contributed by atoms with Gasteiger partial charge in [-0.1, -0.05) is 24.3 Å². The Kier molecular flexibility index (Phi) is 5.46. The summed E-state index contributed by atoms with van der Waals surface area (Å²) < 4.78 is 10.4. The molecule has 0 heterocycles. The molecular weight excluding hydrogens is 292 g/mol. The van der Waals surface area contributed by atoms with E-state index in [9.17, 15) is 4.79 Å². The molecule has 0 bridgehead atoms. The topological polar surface area (TPSA) is 64.8 Å². The lowest BCUT2D eigenvalue weighted by molar-refractivity contribution is 0.106. The number of benzene rings is 2. The van der Waals surface area contributed by atoms with Crippen molar-refractivity contribution < 1.29 is 14.3 Å². The number of amides is 1. The zero-order chi connectivity index (χ0) is 16.8. The number of primary amides is 1. The van der Waals surface area contributed by atoms with Crippen LogP contribution in [0.2, 0.25) is 0 Å². The fourth-order valence-electron chi connectivity index (χ4n) is 2.33. The molecule has 2 aromatic rings. The van der Waals surface area contributed by atoms with Gasteiger partial charge in [-0.3, -0.25) is 0 Å². The second kappa shape index (κ2) is 7.54. The van der Waals surface area contributed by atoms with E-state index in [0.29, 0.717) is 6.42 Å². The first-order valence-corrected chi connectivity index (χ1v) is 7.36. The first-order chi connectivity index (χ1) is 11.0. The fourth-order valence-corrected chi connectivity index (χ4v) is 2.33. The number of rotatable bonds is 6. The average Bonchev–Trinajstić information content (AvgIpc) is 2.54. The van der Waals surface area contributed by atoms with E-state index in [2.05, 4.69) is 0 Å². The van der Waals surface area contributed by atoms with Crippen LogP contribution >= 0.6 is 0 Å². The summed E-state index contributed by atoms with van der Waals surface area (Å²) in [6, 6.07) is 15.5. The van der Waals surface area contributed by atoms with Crippen LogP contribution in [0.4, 0.5) is 10.5 Å². The molecule has 2 N–H and O–H groups in total. The van der Waals surface area contributed by atoms with E-state index >= 15 is 0 Å². The first-order valence-electron chi connectivity index (χ1n) is 7.36. The molecule has 0 fully saturated rings. The van der Waals surface area contributed by atoms with Crippen molar-refractivity contribution in [2.24, 2.45) is 5.73 Å². The van der Waals surface area contributed by atoms with E-state index in [1.807, 2.05) is 67.5 Å². The number of carbonyl (C=O) groups excluding carboxylic acids is 1. The van der Waals surface area contributed by atoms with E-state index in [1.165, 1.54) is 0 Å². The summed E-state index contributed by atoms with van der Waals surface area (Å²) in [7, 11) is 5.58. The van der Waals surface area contributed by atoms with Crippen LogP contribution in [0.3, 0.4) is 0 Å². The van der Waals surface area contributed by atoms with Crippen LogP contribution in [0.15, 0.2) is 48.5 Å².